The molecule has 0 N–H and O–H groups in total. The second kappa shape index (κ2) is 6.76. The predicted octanol–water partition coefficient (Wildman–Crippen LogP) is 5.04. The molecule has 0 spiro atoms. The van der Waals surface area contributed by atoms with E-state index in [1.54, 1.807) is 28.2 Å². The number of fused-ring (bicyclic) bond motifs is 1. The Hall–Kier alpha value is -1.34. The second-order valence-electron chi connectivity index (χ2n) is 5.90. The van der Waals surface area contributed by atoms with Crippen LogP contribution in [0.2, 0.25) is 0 Å². The van der Waals surface area contributed by atoms with Gasteiger partial charge in [-0.15, -0.1) is 11.8 Å². The molecule has 1 unspecified atom stereocenters. The molecule has 1 aliphatic rings. The van der Waals surface area contributed by atoms with Gasteiger partial charge < -0.3 is 0 Å². The molecule has 25 heavy (non-hydrogen) atoms. The molecular weight excluding hydrogens is 418 g/mol. The Kier molecular flexibility index (Phi) is 4.62. The number of hydrogen-bond acceptors (Lipinski definition) is 3. The number of nitrogens with zero attached hydrogens (tertiary/aromatic N) is 1. The number of hydrogen-bond donors (Lipinski definition) is 0. The van der Waals surface area contributed by atoms with E-state index >= 15 is 0 Å². The van der Waals surface area contributed by atoms with Crippen molar-refractivity contribution in [3.63, 3.8) is 0 Å². The average molecular weight is 434 g/mol. The van der Waals surface area contributed by atoms with Crippen LogP contribution < -0.4 is 0 Å². The summed E-state index contributed by atoms with van der Waals surface area (Å²) in [5, 5.41) is 1.81. The third-order valence-electron chi connectivity index (χ3n) is 4.33. The van der Waals surface area contributed by atoms with Gasteiger partial charge in [0.05, 0.1) is 10.3 Å². The molecule has 0 radical (unpaired) electrons. The molecule has 128 valence electrons. The average Bonchev–Trinajstić information content (AvgIpc) is 3.12. The van der Waals surface area contributed by atoms with E-state index < -0.39 is 10.0 Å². The molecule has 6 heteroatoms. The first-order valence-electron chi connectivity index (χ1n) is 7.93. The fraction of sp³-hybridized carbons (Fsp3) is 0.158. The fourth-order valence-corrected chi connectivity index (χ4v) is 6.60. The summed E-state index contributed by atoms with van der Waals surface area (Å²) in [5.41, 5.74) is 1.01. The minimum atomic E-state index is -3.54. The highest BCUT2D eigenvalue weighted by atomic mass is 79.9. The Bertz CT molecular complexity index is 1020. The summed E-state index contributed by atoms with van der Waals surface area (Å²) in [5.74, 6) is 0.799. The lowest BCUT2D eigenvalue weighted by Gasteiger charge is -2.23. The van der Waals surface area contributed by atoms with Crippen molar-refractivity contribution in [1.82, 2.24) is 4.31 Å². The van der Waals surface area contributed by atoms with E-state index in [9.17, 15) is 8.42 Å². The van der Waals surface area contributed by atoms with Gasteiger partial charge >= 0.3 is 0 Å². The monoisotopic (exact) mass is 433 g/mol. The zero-order valence-corrected chi connectivity index (χ0v) is 16.5. The molecule has 3 aromatic carbocycles. The minimum absolute atomic E-state index is 0.176. The standard InChI is InChI=1S/C19H16BrNO2S2/c20-17-8-5-15(6-9-17)19-21(11-12-24-19)25(22,23)18-10-7-14-3-1-2-4-16(14)13-18/h1-10,13,19H,11-12H2. The Labute approximate surface area is 160 Å². The summed E-state index contributed by atoms with van der Waals surface area (Å²) in [6.07, 6.45) is 0. The van der Waals surface area contributed by atoms with E-state index in [1.807, 2.05) is 54.6 Å². The largest absolute Gasteiger partial charge is 0.244 e. The van der Waals surface area contributed by atoms with E-state index in [-0.39, 0.29) is 5.37 Å². The van der Waals surface area contributed by atoms with Crippen molar-refractivity contribution in [3.05, 3.63) is 76.8 Å². The lowest BCUT2D eigenvalue weighted by molar-refractivity contribution is 0.434. The number of sulfonamides is 1. The summed E-state index contributed by atoms with van der Waals surface area (Å²) >= 11 is 5.10. The zero-order valence-electron chi connectivity index (χ0n) is 13.3. The lowest BCUT2D eigenvalue weighted by Crippen LogP contribution is -2.30. The highest BCUT2D eigenvalue weighted by Gasteiger charge is 2.36. The van der Waals surface area contributed by atoms with E-state index in [0.29, 0.717) is 11.4 Å². The molecular formula is C19H16BrNO2S2. The molecule has 3 aromatic rings. The third-order valence-corrected chi connectivity index (χ3v) is 8.11. The number of halogens is 1. The summed E-state index contributed by atoms with van der Waals surface area (Å²) in [6, 6.07) is 21.0. The van der Waals surface area contributed by atoms with Crippen LogP contribution in [0.1, 0.15) is 10.9 Å². The molecule has 0 aliphatic carbocycles. The van der Waals surface area contributed by atoms with Gasteiger partial charge in [0.15, 0.2) is 0 Å². The van der Waals surface area contributed by atoms with Gasteiger partial charge in [0.1, 0.15) is 0 Å². The van der Waals surface area contributed by atoms with Crippen LogP contribution in [0.4, 0.5) is 0 Å². The van der Waals surface area contributed by atoms with Gasteiger partial charge in [-0.2, -0.15) is 4.31 Å². The van der Waals surface area contributed by atoms with Crippen molar-refractivity contribution in [3.8, 4) is 0 Å². The summed E-state index contributed by atoms with van der Waals surface area (Å²) in [4.78, 5) is 0.357. The predicted molar refractivity (Wildman–Crippen MR) is 107 cm³/mol. The maximum Gasteiger partial charge on any atom is 0.244 e. The molecule has 0 bridgehead atoms. The van der Waals surface area contributed by atoms with Crippen molar-refractivity contribution in [2.24, 2.45) is 0 Å². The van der Waals surface area contributed by atoms with E-state index in [0.717, 1.165) is 26.6 Å². The Morgan fingerprint density at radius 3 is 2.44 bits per heavy atom. The van der Waals surface area contributed by atoms with Crippen LogP contribution >= 0.6 is 27.7 Å². The minimum Gasteiger partial charge on any atom is -0.207 e. The molecule has 4 rings (SSSR count). The van der Waals surface area contributed by atoms with Gasteiger partial charge in [-0.3, -0.25) is 0 Å². The van der Waals surface area contributed by atoms with Gasteiger partial charge in [0.2, 0.25) is 10.0 Å². The molecule has 3 nitrogen and oxygen atoms in total. The number of rotatable bonds is 3. The first kappa shape index (κ1) is 17.1. The Morgan fingerprint density at radius 1 is 0.960 bits per heavy atom. The molecule has 0 saturated carbocycles. The quantitative estimate of drug-likeness (QED) is 0.580. The summed E-state index contributed by atoms with van der Waals surface area (Å²) < 4.78 is 29.1. The Balaban J connectivity index is 1.73. The first-order valence-corrected chi connectivity index (χ1v) is 11.2. The lowest BCUT2D eigenvalue weighted by atomic mass is 10.1. The van der Waals surface area contributed by atoms with Gasteiger partial charge in [0.25, 0.3) is 0 Å². The van der Waals surface area contributed by atoms with Gasteiger partial charge in [0, 0.05) is 16.8 Å². The van der Waals surface area contributed by atoms with Crippen molar-refractivity contribution in [2.45, 2.75) is 10.3 Å². The van der Waals surface area contributed by atoms with Crippen LogP contribution in [0.15, 0.2) is 76.1 Å². The van der Waals surface area contributed by atoms with Gasteiger partial charge in [-0.1, -0.05) is 58.4 Å². The van der Waals surface area contributed by atoms with Crippen LogP contribution in [0, 0.1) is 0 Å². The highest BCUT2D eigenvalue weighted by molar-refractivity contribution is 9.10. The number of thioether (sulfide) groups is 1. The normalized spacial score (nSPS) is 18.7. The molecule has 0 aromatic heterocycles. The zero-order chi connectivity index (χ0) is 17.4. The van der Waals surface area contributed by atoms with Crippen molar-refractivity contribution >= 4 is 48.5 Å². The second-order valence-corrected chi connectivity index (χ2v) is 9.89. The smallest absolute Gasteiger partial charge is 0.207 e. The molecule has 1 aliphatic heterocycles. The molecule has 1 fully saturated rings. The van der Waals surface area contributed by atoms with Gasteiger partial charge in [-0.25, -0.2) is 8.42 Å². The Morgan fingerprint density at radius 2 is 1.68 bits per heavy atom. The summed E-state index contributed by atoms with van der Waals surface area (Å²) in [6.45, 7) is 0.528. The SMILES string of the molecule is O=S(=O)(c1ccc2ccccc2c1)N1CCSC1c1ccc(Br)cc1. The van der Waals surface area contributed by atoms with Gasteiger partial charge in [-0.05, 0) is 40.6 Å². The van der Waals surface area contributed by atoms with Crippen molar-refractivity contribution in [2.75, 3.05) is 12.3 Å². The van der Waals surface area contributed by atoms with E-state index in [2.05, 4.69) is 15.9 Å². The van der Waals surface area contributed by atoms with Crippen LogP contribution in [0.5, 0.6) is 0 Å². The first-order chi connectivity index (χ1) is 12.1. The van der Waals surface area contributed by atoms with Crippen molar-refractivity contribution in [1.29, 1.82) is 0 Å². The topological polar surface area (TPSA) is 37.4 Å². The van der Waals surface area contributed by atoms with E-state index in [1.165, 1.54) is 0 Å². The maximum absolute atomic E-state index is 13.2. The highest BCUT2D eigenvalue weighted by Crippen LogP contribution is 2.41. The molecule has 1 atom stereocenters. The van der Waals surface area contributed by atoms with Crippen LogP contribution in [0.25, 0.3) is 10.8 Å². The summed E-state index contributed by atoms with van der Waals surface area (Å²) in [7, 11) is -3.54. The molecule has 0 amide bonds. The number of benzene rings is 3. The van der Waals surface area contributed by atoms with E-state index in [4.69, 9.17) is 0 Å². The maximum atomic E-state index is 13.2. The third kappa shape index (κ3) is 3.24. The molecule has 1 heterocycles. The fourth-order valence-electron chi connectivity index (χ4n) is 3.05. The molecule has 1 saturated heterocycles. The van der Waals surface area contributed by atoms with Crippen LogP contribution in [0.3, 0.4) is 0 Å². The van der Waals surface area contributed by atoms with Crippen LogP contribution in [-0.4, -0.2) is 25.0 Å². The van der Waals surface area contributed by atoms with Crippen molar-refractivity contribution < 1.29 is 8.42 Å². The van der Waals surface area contributed by atoms with Crippen LogP contribution in [-0.2, 0) is 10.0 Å².